The number of hydrogen-bond donors (Lipinski definition) is 1. The molecule has 0 fully saturated rings. The van der Waals surface area contributed by atoms with Gasteiger partial charge in [-0.15, -0.1) is 0 Å². The fourth-order valence-corrected chi connectivity index (χ4v) is 3.37. The van der Waals surface area contributed by atoms with Crippen LogP contribution < -0.4 is 4.52 Å². The van der Waals surface area contributed by atoms with Gasteiger partial charge in [0, 0.05) is 0 Å². The topological polar surface area (TPSA) is 55.8 Å². The summed E-state index contributed by atoms with van der Waals surface area (Å²) in [7, 11) is -4.12. The molecule has 108 valence electrons. The summed E-state index contributed by atoms with van der Waals surface area (Å²) in [6.45, 7) is 9.74. The van der Waals surface area contributed by atoms with Gasteiger partial charge in [0.2, 0.25) is 0 Å². The lowest BCUT2D eigenvalue weighted by molar-refractivity contribution is 0.0338. The smallest absolute Gasteiger partial charge is 0.404 e. The molecule has 0 aromatic heterocycles. The van der Waals surface area contributed by atoms with Gasteiger partial charge in [-0.25, -0.2) is 4.57 Å². The van der Waals surface area contributed by atoms with E-state index >= 15 is 0 Å². The normalized spacial score (nSPS) is 15.9. The van der Waals surface area contributed by atoms with E-state index in [1.165, 1.54) is 0 Å². The largest absolute Gasteiger partial charge is 0.527 e. The molecule has 0 aliphatic heterocycles. The predicted molar refractivity (Wildman–Crippen MR) is 76.1 cm³/mol. The van der Waals surface area contributed by atoms with Crippen molar-refractivity contribution in [2.45, 2.75) is 46.6 Å². The van der Waals surface area contributed by atoms with E-state index in [0.29, 0.717) is 12.2 Å². The number of benzene rings is 1. The Bertz CT molecular complexity index is 448. The molecular formula is C14H23O4P. The minimum atomic E-state index is -4.12. The van der Waals surface area contributed by atoms with Crippen molar-refractivity contribution in [3.63, 3.8) is 0 Å². The summed E-state index contributed by atoms with van der Waals surface area (Å²) in [5.41, 5.74) is -0.743. The van der Waals surface area contributed by atoms with Gasteiger partial charge in [-0.1, -0.05) is 39.0 Å². The predicted octanol–water partition coefficient (Wildman–Crippen LogP) is 4.40. The van der Waals surface area contributed by atoms with E-state index < -0.39 is 13.4 Å². The maximum Gasteiger partial charge on any atom is 0.527 e. The average Bonchev–Trinajstić information content (AvgIpc) is 2.11. The second-order valence-electron chi connectivity index (χ2n) is 6.46. The average molecular weight is 286 g/mol. The van der Waals surface area contributed by atoms with Crippen LogP contribution in [0, 0.1) is 5.41 Å². The zero-order valence-electron chi connectivity index (χ0n) is 12.2. The van der Waals surface area contributed by atoms with Crippen molar-refractivity contribution in [1.29, 1.82) is 0 Å². The van der Waals surface area contributed by atoms with Gasteiger partial charge in [0.15, 0.2) is 0 Å². The van der Waals surface area contributed by atoms with Gasteiger partial charge in [-0.3, -0.25) is 9.42 Å². The molecule has 1 N–H and O–H groups in total. The van der Waals surface area contributed by atoms with Gasteiger partial charge >= 0.3 is 7.82 Å². The van der Waals surface area contributed by atoms with E-state index in [1.54, 1.807) is 44.2 Å². The lowest BCUT2D eigenvalue weighted by Gasteiger charge is -2.33. The third kappa shape index (κ3) is 6.76. The van der Waals surface area contributed by atoms with Crippen LogP contribution in [0.15, 0.2) is 30.3 Å². The van der Waals surface area contributed by atoms with Crippen molar-refractivity contribution in [3.05, 3.63) is 30.3 Å². The maximum atomic E-state index is 12.0. The first-order valence-electron chi connectivity index (χ1n) is 6.27. The van der Waals surface area contributed by atoms with Crippen LogP contribution in [0.4, 0.5) is 0 Å². The number of phosphoric ester groups is 1. The Morgan fingerprint density at radius 3 is 2.11 bits per heavy atom. The number of phosphoric acid groups is 1. The van der Waals surface area contributed by atoms with Crippen molar-refractivity contribution in [2.24, 2.45) is 5.41 Å². The third-order valence-electron chi connectivity index (χ3n) is 2.28. The fraction of sp³-hybridized carbons (Fsp3) is 0.571. The maximum absolute atomic E-state index is 12.0. The first-order chi connectivity index (χ1) is 8.49. The zero-order chi connectivity index (χ0) is 14.7. The highest BCUT2D eigenvalue weighted by Gasteiger charge is 2.36. The summed E-state index contributed by atoms with van der Waals surface area (Å²) >= 11 is 0. The molecule has 1 aromatic rings. The Balaban J connectivity index is 2.71. The molecule has 0 bridgehead atoms. The Labute approximate surface area is 115 Å². The zero-order valence-corrected chi connectivity index (χ0v) is 13.1. The lowest BCUT2D eigenvalue weighted by Crippen LogP contribution is -2.29. The highest BCUT2D eigenvalue weighted by atomic mass is 31.2. The molecule has 4 nitrogen and oxygen atoms in total. The molecule has 19 heavy (non-hydrogen) atoms. The van der Waals surface area contributed by atoms with E-state index in [9.17, 15) is 9.46 Å². The van der Waals surface area contributed by atoms with Crippen LogP contribution in [-0.2, 0) is 9.09 Å². The minimum Gasteiger partial charge on any atom is -0.404 e. The Hall–Kier alpha value is -0.830. The molecule has 0 aliphatic rings. The van der Waals surface area contributed by atoms with Crippen LogP contribution in [0.5, 0.6) is 5.75 Å². The van der Waals surface area contributed by atoms with Crippen molar-refractivity contribution >= 4 is 7.82 Å². The minimum absolute atomic E-state index is 0.00372. The summed E-state index contributed by atoms with van der Waals surface area (Å²) in [6, 6.07) is 8.50. The quantitative estimate of drug-likeness (QED) is 0.815. The summed E-state index contributed by atoms with van der Waals surface area (Å²) in [5, 5.41) is 0. The molecule has 0 saturated heterocycles. The highest BCUT2D eigenvalue weighted by Crippen LogP contribution is 2.49. The van der Waals surface area contributed by atoms with Crippen LogP contribution in [0.3, 0.4) is 0 Å². The Morgan fingerprint density at radius 1 is 1.11 bits per heavy atom. The summed E-state index contributed by atoms with van der Waals surface area (Å²) < 4.78 is 22.3. The summed E-state index contributed by atoms with van der Waals surface area (Å²) in [4.78, 5) is 9.81. The van der Waals surface area contributed by atoms with Gasteiger partial charge in [0.05, 0.1) is 5.60 Å². The van der Waals surface area contributed by atoms with Crippen LogP contribution in [-0.4, -0.2) is 10.5 Å². The number of para-hydroxylation sites is 1. The molecule has 1 atom stereocenters. The third-order valence-corrected chi connectivity index (χ3v) is 3.45. The van der Waals surface area contributed by atoms with Crippen LogP contribution >= 0.6 is 7.82 Å². The first kappa shape index (κ1) is 16.2. The van der Waals surface area contributed by atoms with Crippen LogP contribution in [0.25, 0.3) is 0 Å². The molecule has 0 spiro atoms. The molecule has 1 rings (SSSR count). The van der Waals surface area contributed by atoms with Gasteiger partial charge in [-0.2, -0.15) is 0 Å². The monoisotopic (exact) mass is 286 g/mol. The highest BCUT2D eigenvalue weighted by molar-refractivity contribution is 7.47. The summed E-state index contributed by atoms with van der Waals surface area (Å²) in [5.74, 6) is 0.319. The van der Waals surface area contributed by atoms with Crippen LogP contribution in [0.1, 0.15) is 41.0 Å². The second-order valence-corrected chi connectivity index (χ2v) is 7.76. The van der Waals surface area contributed by atoms with Crippen molar-refractivity contribution < 1.29 is 18.5 Å². The van der Waals surface area contributed by atoms with E-state index in [-0.39, 0.29) is 5.41 Å². The Morgan fingerprint density at radius 2 is 1.63 bits per heavy atom. The molecule has 0 saturated carbocycles. The molecule has 0 aliphatic carbocycles. The molecule has 5 heteroatoms. The van der Waals surface area contributed by atoms with Gasteiger partial charge < -0.3 is 4.52 Å². The number of rotatable bonds is 5. The molecule has 0 amide bonds. The number of hydrogen-bond acceptors (Lipinski definition) is 3. The van der Waals surface area contributed by atoms with Crippen molar-refractivity contribution in [2.75, 3.05) is 0 Å². The van der Waals surface area contributed by atoms with Crippen LogP contribution in [0.2, 0.25) is 0 Å². The first-order valence-corrected chi connectivity index (χ1v) is 7.77. The molecule has 1 unspecified atom stereocenters. The van der Waals surface area contributed by atoms with Gasteiger partial charge in [0.25, 0.3) is 0 Å². The van der Waals surface area contributed by atoms with E-state index in [2.05, 4.69) is 20.8 Å². The van der Waals surface area contributed by atoms with E-state index in [1.807, 2.05) is 0 Å². The molecule has 0 radical (unpaired) electrons. The molecular weight excluding hydrogens is 263 g/mol. The van der Waals surface area contributed by atoms with Gasteiger partial charge in [-0.05, 0) is 37.8 Å². The summed E-state index contributed by atoms with van der Waals surface area (Å²) in [6.07, 6.45) is 0.642. The Kier molecular flexibility index (Phi) is 4.83. The standard InChI is InChI=1S/C14H23O4P/c1-13(2,3)11-14(4,5)18-19(15,16)17-12-9-7-6-8-10-12/h6-10H,11H2,1-5H3,(H,15,16). The van der Waals surface area contributed by atoms with Gasteiger partial charge in [0.1, 0.15) is 5.75 Å². The SMILES string of the molecule is CC(C)(C)CC(C)(C)OP(=O)(O)Oc1ccccc1. The van der Waals surface area contributed by atoms with E-state index in [0.717, 1.165) is 0 Å². The van der Waals surface area contributed by atoms with Crippen molar-refractivity contribution in [3.8, 4) is 5.75 Å². The van der Waals surface area contributed by atoms with Crippen molar-refractivity contribution in [1.82, 2.24) is 0 Å². The molecule has 0 heterocycles. The fourth-order valence-electron chi connectivity index (χ4n) is 2.25. The second kappa shape index (κ2) is 5.66. The lowest BCUT2D eigenvalue weighted by atomic mass is 9.84. The van der Waals surface area contributed by atoms with E-state index in [4.69, 9.17) is 9.05 Å². The molecule has 1 aromatic carbocycles.